The lowest BCUT2D eigenvalue weighted by atomic mass is 9.98. The SMILES string of the molecule is CC[C@@H](C)Cc1c(C)sc2nc(/C(Cl)=C/c3cccc(O)c3)[nH]c(=O)c12. The normalized spacial score (nSPS) is 13.3. The number of phenols is 1. The van der Waals surface area contributed by atoms with Crippen molar-refractivity contribution in [1.29, 1.82) is 0 Å². The van der Waals surface area contributed by atoms with Gasteiger partial charge in [-0.15, -0.1) is 11.3 Å². The Morgan fingerprint density at radius 3 is 2.92 bits per heavy atom. The maximum Gasteiger partial charge on any atom is 0.260 e. The summed E-state index contributed by atoms with van der Waals surface area (Å²) in [6, 6.07) is 6.73. The third-order valence-electron chi connectivity index (χ3n) is 4.50. The number of aromatic hydroxyl groups is 1. The first-order valence-corrected chi connectivity index (χ1v) is 9.77. The third kappa shape index (κ3) is 3.84. The molecule has 3 rings (SSSR count). The van der Waals surface area contributed by atoms with Crippen LogP contribution in [0, 0.1) is 12.8 Å². The lowest BCUT2D eigenvalue weighted by Crippen LogP contribution is -2.12. The van der Waals surface area contributed by atoms with Gasteiger partial charge in [-0.2, -0.15) is 0 Å². The molecule has 0 unspecified atom stereocenters. The molecule has 2 aromatic heterocycles. The summed E-state index contributed by atoms with van der Waals surface area (Å²) in [7, 11) is 0. The van der Waals surface area contributed by atoms with Crippen LogP contribution in [0.25, 0.3) is 21.3 Å². The molecule has 6 heteroatoms. The Morgan fingerprint density at radius 2 is 2.23 bits per heavy atom. The molecule has 0 amide bonds. The van der Waals surface area contributed by atoms with Crippen LogP contribution in [0.15, 0.2) is 29.1 Å². The number of rotatable bonds is 5. The zero-order valence-electron chi connectivity index (χ0n) is 15.0. The number of fused-ring (bicyclic) bond motifs is 1. The number of thiophene rings is 1. The number of H-pyrrole nitrogens is 1. The summed E-state index contributed by atoms with van der Waals surface area (Å²) >= 11 is 7.90. The Balaban J connectivity index is 2.05. The molecule has 136 valence electrons. The Labute approximate surface area is 161 Å². The average Bonchev–Trinajstić information content (AvgIpc) is 2.90. The average molecular weight is 389 g/mol. The minimum atomic E-state index is -0.157. The number of benzene rings is 1. The van der Waals surface area contributed by atoms with Crippen molar-refractivity contribution in [1.82, 2.24) is 9.97 Å². The van der Waals surface area contributed by atoms with Crippen LogP contribution in [-0.4, -0.2) is 15.1 Å². The summed E-state index contributed by atoms with van der Waals surface area (Å²) in [4.78, 5) is 21.9. The van der Waals surface area contributed by atoms with E-state index in [1.165, 1.54) is 11.3 Å². The molecule has 0 fully saturated rings. The van der Waals surface area contributed by atoms with E-state index in [1.807, 2.05) is 13.0 Å². The van der Waals surface area contributed by atoms with Crippen molar-refractivity contribution in [3.05, 3.63) is 56.4 Å². The van der Waals surface area contributed by atoms with Gasteiger partial charge < -0.3 is 10.1 Å². The molecule has 2 N–H and O–H groups in total. The van der Waals surface area contributed by atoms with Crippen LogP contribution < -0.4 is 5.56 Å². The highest BCUT2D eigenvalue weighted by Gasteiger charge is 2.17. The number of aromatic nitrogens is 2. The number of halogens is 1. The van der Waals surface area contributed by atoms with E-state index in [0.29, 0.717) is 27.0 Å². The molecule has 0 saturated carbocycles. The molecule has 0 bridgehead atoms. The summed E-state index contributed by atoms with van der Waals surface area (Å²) < 4.78 is 0. The fourth-order valence-corrected chi connectivity index (χ4v) is 4.13. The largest absolute Gasteiger partial charge is 0.508 e. The monoisotopic (exact) mass is 388 g/mol. The minimum Gasteiger partial charge on any atom is -0.508 e. The zero-order valence-corrected chi connectivity index (χ0v) is 16.5. The molecule has 1 atom stereocenters. The van der Waals surface area contributed by atoms with Gasteiger partial charge in [-0.1, -0.05) is 44.0 Å². The maximum atomic E-state index is 12.7. The fourth-order valence-electron chi connectivity index (χ4n) is 2.86. The van der Waals surface area contributed by atoms with E-state index in [1.54, 1.807) is 24.3 Å². The number of hydrogen-bond acceptors (Lipinski definition) is 4. The van der Waals surface area contributed by atoms with Gasteiger partial charge in [-0.3, -0.25) is 4.79 Å². The van der Waals surface area contributed by atoms with Crippen LogP contribution in [0.2, 0.25) is 0 Å². The molecule has 0 aliphatic rings. The first-order valence-electron chi connectivity index (χ1n) is 8.58. The maximum absolute atomic E-state index is 12.7. The predicted molar refractivity (Wildman–Crippen MR) is 110 cm³/mol. The summed E-state index contributed by atoms with van der Waals surface area (Å²) in [6.45, 7) is 6.38. The lowest BCUT2D eigenvalue weighted by Gasteiger charge is -2.08. The molecular formula is C20H21ClN2O2S. The van der Waals surface area contributed by atoms with Crippen molar-refractivity contribution in [3.63, 3.8) is 0 Å². The summed E-state index contributed by atoms with van der Waals surface area (Å²) in [6.07, 6.45) is 3.61. The second-order valence-corrected chi connectivity index (χ2v) is 8.15. The van der Waals surface area contributed by atoms with Gasteiger partial charge in [-0.25, -0.2) is 4.98 Å². The molecule has 0 aliphatic carbocycles. The summed E-state index contributed by atoms with van der Waals surface area (Å²) in [5.74, 6) is 1.01. The van der Waals surface area contributed by atoms with E-state index in [-0.39, 0.29) is 11.3 Å². The van der Waals surface area contributed by atoms with Crippen molar-refractivity contribution in [2.75, 3.05) is 0 Å². The number of aromatic amines is 1. The van der Waals surface area contributed by atoms with E-state index >= 15 is 0 Å². The van der Waals surface area contributed by atoms with Crippen LogP contribution in [0.1, 0.15) is 42.1 Å². The fraction of sp³-hybridized carbons (Fsp3) is 0.300. The van der Waals surface area contributed by atoms with E-state index in [4.69, 9.17) is 11.6 Å². The Morgan fingerprint density at radius 1 is 1.46 bits per heavy atom. The first-order chi connectivity index (χ1) is 12.4. The van der Waals surface area contributed by atoms with Crippen LogP contribution in [0.5, 0.6) is 5.75 Å². The van der Waals surface area contributed by atoms with Crippen molar-refractivity contribution in [2.45, 2.75) is 33.6 Å². The van der Waals surface area contributed by atoms with Crippen molar-refractivity contribution in [2.24, 2.45) is 5.92 Å². The highest BCUT2D eigenvalue weighted by Crippen LogP contribution is 2.31. The Bertz CT molecular complexity index is 1040. The molecule has 3 aromatic rings. The zero-order chi connectivity index (χ0) is 18.8. The van der Waals surface area contributed by atoms with Crippen molar-refractivity contribution in [3.8, 4) is 5.75 Å². The predicted octanol–water partition coefficient (Wildman–Crippen LogP) is 5.32. The molecular weight excluding hydrogens is 368 g/mol. The van der Waals surface area contributed by atoms with Gasteiger partial charge in [0.15, 0.2) is 5.82 Å². The van der Waals surface area contributed by atoms with Crippen LogP contribution >= 0.6 is 22.9 Å². The van der Waals surface area contributed by atoms with Gasteiger partial charge >= 0.3 is 0 Å². The summed E-state index contributed by atoms with van der Waals surface area (Å²) in [5.41, 5.74) is 1.67. The van der Waals surface area contributed by atoms with E-state index < -0.39 is 0 Å². The van der Waals surface area contributed by atoms with Gasteiger partial charge in [0.1, 0.15) is 10.6 Å². The van der Waals surface area contributed by atoms with Crippen molar-refractivity contribution >= 4 is 44.3 Å². The number of nitrogens with one attached hydrogen (secondary N) is 1. The van der Waals surface area contributed by atoms with Crippen LogP contribution in [0.4, 0.5) is 0 Å². The molecule has 4 nitrogen and oxygen atoms in total. The smallest absolute Gasteiger partial charge is 0.260 e. The number of hydrogen-bond donors (Lipinski definition) is 2. The van der Waals surface area contributed by atoms with Gasteiger partial charge in [0.25, 0.3) is 5.56 Å². The topological polar surface area (TPSA) is 66.0 Å². The standard InChI is InChI=1S/C20H21ClN2O2S/c1-4-11(2)8-15-12(3)26-20-17(15)19(25)22-18(23-20)16(21)10-13-6-5-7-14(24)9-13/h5-7,9-11,24H,4,8H2,1-3H3,(H,22,23,25)/b16-10-/t11-/m1/s1. The van der Waals surface area contributed by atoms with E-state index in [0.717, 1.165) is 28.8 Å². The molecule has 2 heterocycles. The Hall–Kier alpha value is -2.11. The number of phenolic OH excluding ortho intramolecular Hbond substituents is 1. The van der Waals surface area contributed by atoms with Gasteiger partial charge in [0.05, 0.1) is 10.4 Å². The van der Waals surface area contributed by atoms with Crippen molar-refractivity contribution < 1.29 is 5.11 Å². The first kappa shape index (κ1) is 18.7. The van der Waals surface area contributed by atoms with Crippen LogP contribution in [-0.2, 0) is 6.42 Å². The molecule has 1 aromatic carbocycles. The highest BCUT2D eigenvalue weighted by molar-refractivity contribution is 7.18. The molecule has 0 radical (unpaired) electrons. The van der Waals surface area contributed by atoms with Gasteiger partial charge in [0.2, 0.25) is 0 Å². The highest BCUT2D eigenvalue weighted by atomic mass is 35.5. The molecule has 0 aliphatic heterocycles. The second-order valence-electron chi connectivity index (χ2n) is 6.54. The quantitative estimate of drug-likeness (QED) is 0.621. The number of nitrogens with zero attached hydrogens (tertiary/aromatic N) is 1. The minimum absolute atomic E-state index is 0.156. The van der Waals surface area contributed by atoms with Gasteiger partial charge in [-0.05, 0) is 48.6 Å². The lowest BCUT2D eigenvalue weighted by molar-refractivity contribution is 0.475. The third-order valence-corrected chi connectivity index (χ3v) is 5.83. The Kier molecular flexibility index (Phi) is 5.49. The van der Waals surface area contributed by atoms with Crippen LogP contribution in [0.3, 0.4) is 0 Å². The molecule has 0 spiro atoms. The van der Waals surface area contributed by atoms with Gasteiger partial charge in [0, 0.05) is 4.88 Å². The van der Waals surface area contributed by atoms with E-state index in [9.17, 15) is 9.90 Å². The molecule has 26 heavy (non-hydrogen) atoms. The van der Waals surface area contributed by atoms with E-state index in [2.05, 4.69) is 23.8 Å². The summed E-state index contributed by atoms with van der Waals surface area (Å²) in [5, 5.41) is 10.6. The number of aryl methyl sites for hydroxylation is 1. The second kappa shape index (κ2) is 7.64. The molecule has 0 saturated heterocycles.